The Morgan fingerprint density at radius 1 is 1.19 bits per heavy atom. The highest BCUT2D eigenvalue weighted by atomic mass is 16.5. The molecule has 4 atom stereocenters. The van der Waals surface area contributed by atoms with Crippen LogP contribution in [0, 0.1) is 17.3 Å². The molecule has 2 bridgehead atoms. The van der Waals surface area contributed by atoms with Crippen molar-refractivity contribution in [3.63, 3.8) is 0 Å². The van der Waals surface area contributed by atoms with Crippen molar-refractivity contribution in [2.24, 2.45) is 17.3 Å². The van der Waals surface area contributed by atoms with E-state index in [4.69, 9.17) is 4.74 Å². The van der Waals surface area contributed by atoms with Crippen LogP contribution in [0.3, 0.4) is 0 Å². The van der Waals surface area contributed by atoms with E-state index in [0.29, 0.717) is 17.6 Å². The SMILES string of the molecule is CC1CC2CCCC(C(C)OC(C)C)(C1)C2. The summed E-state index contributed by atoms with van der Waals surface area (Å²) in [4.78, 5) is 0. The van der Waals surface area contributed by atoms with Gasteiger partial charge < -0.3 is 4.74 Å². The Hall–Kier alpha value is -0.0400. The highest BCUT2D eigenvalue weighted by Gasteiger charge is 2.45. The van der Waals surface area contributed by atoms with Gasteiger partial charge in [0.1, 0.15) is 0 Å². The summed E-state index contributed by atoms with van der Waals surface area (Å²) in [6, 6.07) is 0. The first-order valence-corrected chi connectivity index (χ1v) is 7.17. The maximum atomic E-state index is 6.11. The van der Waals surface area contributed by atoms with Gasteiger partial charge in [0.2, 0.25) is 0 Å². The van der Waals surface area contributed by atoms with Crippen molar-refractivity contribution in [2.45, 2.75) is 78.4 Å². The second-order valence-electron chi connectivity index (χ2n) is 6.70. The van der Waals surface area contributed by atoms with Crippen LogP contribution in [0.5, 0.6) is 0 Å². The maximum absolute atomic E-state index is 6.11. The molecular formula is C15H28O. The van der Waals surface area contributed by atoms with Crippen LogP contribution in [0.1, 0.15) is 66.2 Å². The molecule has 1 nitrogen and oxygen atoms in total. The molecule has 2 rings (SSSR count). The minimum Gasteiger partial charge on any atom is -0.375 e. The summed E-state index contributed by atoms with van der Waals surface area (Å²) in [6.07, 6.45) is 9.45. The van der Waals surface area contributed by atoms with Crippen molar-refractivity contribution in [1.82, 2.24) is 0 Å². The van der Waals surface area contributed by atoms with Crippen LogP contribution in [-0.4, -0.2) is 12.2 Å². The van der Waals surface area contributed by atoms with E-state index in [0.717, 1.165) is 11.8 Å². The van der Waals surface area contributed by atoms with Gasteiger partial charge >= 0.3 is 0 Å². The predicted octanol–water partition coefficient (Wildman–Crippen LogP) is 4.41. The average Bonchev–Trinajstić information content (AvgIpc) is 2.15. The standard InChI is InChI=1S/C15H28O/c1-11(2)16-13(4)15-7-5-6-14(10-15)8-12(3)9-15/h11-14H,5-10H2,1-4H3. The lowest BCUT2D eigenvalue weighted by Crippen LogP contribution is -2.45. The van der Waals surface area contributed by atoms with E-state index in [1.807, 2.05) is 0 Å². The van der Waals surface area contributed by atoms with Crippen LogP contribution < -0.4 is 0 Å². The molecule has 0 aromatic heterocycles. The van der Waals surface area contributed by atoms with Crippen LogP contribution >= 0.6 is 0 Å². The molecule has 94 valence electrons. The molecular weight excluding hydrogens is 196 g/mol. The molecule has 2 saturated carbocycles. The lowest BCUT2D eigenvalue weighted by atomic mass is 9.57. The summed E-state index contributed by atoms with van der Waals surface area (Å²) >= 11 is 0. The zero-order valence-corrected chi connectivity index (χ0v) is 11.5. The molecule has 0 amide bonds. The lowest BCUT2D eigenvalue weighted by molar-refractivity contribution is -0.109. The summed E-state index contributed by atoms with van der Waals surface area (Å²) in [7, 11) is 0. The Morgan fingerprint density at radius 3 is 2.62 bits per heavy atom. The molecule has 4 unspecified atom stereocenters. The molecule has 0 N–H and O–H groups in total. The van der Waals surface area contributed by atoms with E-state index in [1.54, 1.807) is 0 Å². The van der Waals surface area contributed by atoms with E-state index in [1.165, 1.54) is 38.5 Å². The smallest absolute Gasteiger partial charge is 0.0606 e. The van der Waals surface area contributed by atoms with Gasteiger partial charge in [-0.3, -0.25) is 0 Å². The van der Waals surface area contributed by atoms with Gasteiger partial charge in [0.25, 0.3) is 0 Å². The molecule has 2 fully saturated rings. The fourth-order valence-corrected chi connectivity index (χ4v) is 4.34. The van der Waals surface area contributed by atoms with E-state index in [-0.39, 0.29) is 0 Å². The molecule has 2 aliphatic rings. The maximum Gasteiger partial charge on any atom is 0.0606 e. The van der Waals surface area contributed by atoms with Crippen LogP contribution in [0.2, 0.25) is 0 Å². The molecule has 0 saturated heterocycles. The predicted molar refractivity (Wildman–Crippen MR) is 68.5 cm³/mol. The molecule has 0 spiro atoms. The average molecular weight is 224 g/mol. The first-order chi connectivity index (χ1) is 7.52. The van der Waals surface area contributed by atoms with E-state index in [2.05, 4.69) is 27.7 Å². The lowest BCUT2D eigenvalue weighted by Gasteiger charge is -2.51. The van der Waals surface area contributed by atoms with Crippen molar-refractivity contribution >= 4 is 0 Å². The van der Waals surface area contributed by atoms with Crippen LogP contribution in [0.25, 0.3) is 0 Å². The van der Waals surface area contributed by atoms with Gasteiger partial charge in [-0.05, 0) is 63.7 Å². The largest absolute Gasteiger partial charge is 0.375 e. The summed E-state index contributed by atoms with van der Waals surface area (Å²) < 4.78 is 6.11. The summed E-state index contributed by atoms with van der Waals surface area (Å²) in [5.41, 5.74) is 0.519. The van der Waals surface area contributed by atoms with Gasteiger partial charge in [-0.15, -0.1) is 0 Å². The van der Waals surface area contributed by atoms with E-state index in [9.17, 15) is 0 Å². The summed E-state index contributed by atoms with van der Waals surface area (Å²) in [5, 5.41) is 0. The first-order valence-electron chi connectivity index (χ1n) is 7.17. The quantitative estimate of drug-likeness (QED) is 0.690. The Morgan fingerprint density at radius 2 is 1.94 bits per heavy atom. The monoisotopic (exact) mass is 224 g/mol. The second-order valence-corrected chi connectivity index (χ2v) is 6.70. The third-order valence-corrected chi connectivity index (χ3v) is 4.81. The number of hydrogen-bond acceptors (Lipinski definition) is 1. The Balaban J connectivity index is 2.08. The van der Waals surface area contributed by atoms with Gasteiger partial charge in [-0.1, -0.05) is 19.8 Å². The fraction of sp³-hybridized carbons (Fsp3) is 1.00. The Bertz CT molecular complexity index is 232. The molecule has 0 aromatic rings. The topological polar surface area (TPSA) is 9.23 Å². The summed E-state index contributed by atoms with van der Waals surface area (Å²) in [6.45, 7) is 9.09. The number of hydrogen-bond donors (Lipinski definition) is 0. The van der Waals surface area contributed by atoms with Gasteiger partial charge in [-0.2, -0.15) is 0 Å². The molecule has 0 aliphatic heterocycles. The normalized spacial score (nSPS) is 41.1. The van der Waals surface area contributed by atoms with Crippen LogP contribution in [0.15, 0.2) is 0 Å². The Labute approximate surface area is 101 Å². The second kappa shape index (κ2) is 4.68. The highest BCUT2D eigenvalue weighted by Crippen LogP contribution is 2.53. The summed E-state index contributed by atoms with van der Waals surface area (Å²) in [5.74, 6) is 1.91. The molecule has 0 radical (unpaired) electrons. The van der Waals surface area contributed by atoms with Crippen molar-refractivity contribution in [3.05, 3.63) is 0 Å². The zero-order chi connectivity index (χ0) is 11.8. The zero-order valence-electron chi connectivity index (χ0n) is 11.5. The third-order valence-electron chi connectivity index (χ3n) is 4.81. The van der Waals surface area contributed by atoms with Crippen molar-refractivity contribution < 1.29 is 4.74 Å². The molecule has 2 aliphatic carbocycles. The van der Waals surface area contributed by atoms with Crippen molar-refractivity contribution in [1.29, 1.82) is 0 Å². The van der Waals surface area contributed by atoms with Gasteiger partial charge in [0.05, 0.1) is 12.2 Å². The van der Waals surface area contributed by atoms with Crippen molar-refractivity contribution in [2.75, 3.05) is 0 Å². The van der Waals surface area contributed by atoms with Crippen LogP contribution in [-0.2, 0) is 4.74 Å². The van der Waals surface area contributed by atoms with E-state index >= 15 is 0 Å². The fourth-order valence-electron chi connectivity index (χ4n) is 4.34. The number of ether oxygens (including phenoxy) is 1. The molecule has 0 heterocycles. The van der Waals surface area contributed by atoms with Gasteiger partial charge in [-0.25, -0.2) is 0 Å². The van der Waals surface area contributed by atoms with Crippen LogP contribution in [0.4, 0.5) is 0 Å². The van der Waals surface area contributed by atoms with Crippen molar-refractivity contribution in [3.8, 4) is 0 Å². The molecule has 16 heavy (non-hydrogen) atoms. The minimum atomic E-state index is 0.377. The third kappa shape index (κ3) is 2.45. The first kappa shape index (κ1) is 12.4. The highest BCUT2D eigenvalue weighted by molar-refractivity contribution is 4.96. The number of rotatable bonds is 3. The molecule has 0 aromatic carbocycles. The molecule has 1 heteroatoms. The van der Waals surface area contributed by atoms with E-state index < -0.39 is 0 Å². The Kier molecular flexibility index (Phi) is 3.63. The van der Waals surface area contributed by atoms with Gasteiger partial charge in [0.15, 0.2) is 0 Å². The van der Waals surface area contributed by atoms with Gasteiger partial charge in [0, 0.05) is 0 Å². The number of fused-ring (bicyclic) bond motifs is 2. The minimum absolute atomic E-state index is 0.377.